The number of amides is 2. The maximum atomic E-state index is 11.5. The van der Waals surface area contributed by atoms with Gasteiger partial charge in [-0.3, -0.25) is 9.67 Å². The van der Waals surface area contributed by atoms with Crippen molar-refractivity contribution in [2.75, 3.05) is 10.6 Å². The molecule has 2 amide bonds. The zero-order chi connectivity index (χ0) is 11.4. The monoisotopic (exact) mass is 217 g/mol. The predicted octanol–water partition coefficient (Wildman–Crippen LogP) is 1.46. The summed E-state index contributed by atoms with van der Waals surface area (Å²) in [6.45, 7) is 0. The molecule has 2 heterocycles. The van der Waals surface area contributed by atoms with E-state index >= 15 is 0 Å². The van der Waals surface area contributed by atoms with E-state index in [4.69, 9.17) is 0 Å². The Bertz CT molecular complexity index is 479. The molecule has 0 fully saturated rings. The topological polar surface area (TPSA) is 71.8 Å². The summed E-state index contributed by atoms with van der Waals surface area (Å²) >= 11 is 0. The Labute approximate surface area is 92.3 Å². The maximum Gasteiger partial charge on any atom is 0.323 e. The van der Waals surface area contributed by atoms with Gasteiger partial charge in [-0.1, -0.05) is 0 Å². The van der Waals surface area contributed by atoms with E-state index in [-0.39, 0.29) is 6.03 Å². The second-order valence-electron chi connectivity index (χ2n) is 3.22. The maximum absolute atomic E-state index is 11.5. The standard InChI is InChI=1S/C10H11N5O/c1-15-7-9(6-12-15)14-10(16)13-8-3-2-4-11-5-8/h2-7H,1H3,(H2,13,14,16). The lowest BCUT2D eigenvalue weighted by atomic mass is 10.4. The van der Waals surface area contributed by atoms with Gasteiger partial charge < -0.3 is 10.6 Å². The van der Waals surface area contributed by atoms with Crippen molar-refractivity contribution in [1.29, 1.82) is 0 Å². The van der Waals surface area contributed by atoms with Crippen molar-refractivity contribution >= 4 is 17.4 Å². The first-order chi connectivity index (χ1) is 7.74. The van der Waals surface area contributed by atoms with Crippen LogP contribution in [0, 0.1) is 0 Å². The fourth-order valence-corrected chi connectivity index (χ4v) is 1.22. The van der Waals surface area contributed by atoms with Crippen LogP contribution in [0.15, 0.2) is 36.9 Å². The smallest absolute Gasteiger partial charge is 0.306 e. The molecule has 0 spiro atoms. The predicted molar refractivity (Wildman–Crippen MR) is 60.1 cm³/mol. The number of hydrogen-bond donors (Lipinski definition) is 2. The molecule has 2 rings (SSSR count). The number of rotatable bonds is 2. The van der Waals surface area contributed by atoms with Gasteiger partial charge in [0, 0.05) is 19.4 Å². The van der Waals surface area contributed by atoms with Gasteiger partial charge >= 0.3 is 6.03 Å². The number of nitrogens with zero attached hydrogens (tertiary/aromatic N) is 3. The van der Waals surface area contributed by atoms with Crippen molar-refractivity contribution < 1.29 is 4.79 Å². The highest BCUT2D eigenvalue weighted by molar-refractivity contribution is 5.99. The van der Waals surface area contributed by atoms with Gasteiger partial charge in [0.15, 0.2) is 0 Å². The molecule has 0 radical (unpaired) electrons. The Balaban J connectivity index is 1.95. The molecule has 0 aromatic carbocycles. The van der Waals surface area contributed by atoms with E-state index in [9.17, 15) is 4.79 Å². The van der Waals surface area contributed by atoms with E-state index in [1.807, 2.05) is 0 Å². The summed E-state index contributed by atoms with van der Waals surface area (Å²) in [5.74, 6) is 0. The van der Waals surface area contributed by atoms with Crippen molar-refractivity contribution in [3.05, 3.63) is 36.9 Å². The number of urea groups is 1. The number of aromatic nitrogens is 3. The summed E-state index contributed by atoms with van der Waals surface area (Å²) in [6, 6.07) is 3.19. The quantitative estimate of drug-likeness (QED) is 0.799. The summed E-state index contributed by atoms with van der Waals surface area (Å²) in [5, 5.41) is 9.24. The minimum absolute atomic E-state index is 0.319. The van der Waals surface area contributed by atoms with Gasteiger partial charge in [-0.05, 0) is 12.1 Å². The lowest BCUT2D eigenvalue weighted by Gasteiger charge is -2.04. The Kier molecular flexibility index (Phi) is 2.81. The third kappa shape index (κ3) is 2.57. The first-order valence-corrected chi connectivity index (χ1v) is 4.71. The molecule has 6 nitrogen and oxygen atoms in total. The highest BCUT2D eigenvalue weighted by atomic mass is 16.2. The molecule has 2 aromatic heterocycles. The normalized spacial score (nSPS) is 9.81. The fourth-order valence-electron chi connectivity index (χ4n) is 1.22. The van der Waals surface area contributed by atoms with E-state index in [1.54, 1.807) is 48.6 Å². The number of nitrogens with one attached hydrogen (secondary N) is 2. The number of aryl methyl sites for hydroxylation is 1. The van der Waals surface area contributed by atoms with Crippen LogP contribution in [0.3, 0.4) is 0 Å². The van der Waals surface area contributed by atoms with Gasteiger partial charge in [0.2, 0.25) is 0 Å². The number of anilines is 2. The first kappa shape index (κ1) is 10.2. The van der Waals surface area contributed by atoms with Crippen molar-refractivity contribution in [1.82, 2.24) is 14.8 Å². The SMILES string of the molecule is Cn1cc(NC(=O)Nc2cccnc2)cn1. The van der Waals surface area contributed by atoms with Crippen LogP contribution in [0.1, 0.15) is 0 Å². The van der Waals surface area contributed by atoms with Crippen LogP contribution >= 0.6 is 0 Å². The Hall–Kier alpha value is -2.37. The van der Waals surface area contributed by atoms with Gasteiger partial charge in [-0.15, -0.1) is 0 Å². The van der Waals surface area contributed by atoms with E-state index in [2.05, 4.69) is 20.7 Å². The highest BCUT2D eigenvalue weighted by Crippen LogP contribution is 2.06. The minimum Gasteiger partial charge on any atom is -0.306 e. The molecule has 0 unspecified atom stereocenters. The number of carbonyl (C=O) groups excluding carboxylic acids is 1. The van der Waals surface area contributed by atoms with Gasteiger partial charge in [-0.2, -0.15) is 5.10 Å². The number of hydrogen-bond acceptors (Lipinski definition) is 3. The molecule has 2 N–H and O–H groups in total. The summed E-state index contributed by atoms with van der Waals surface area (Å²) in [6.07, 6.45) is 6.50. The number of pyridine rings is 1. The Morgan fingerprint density at radius 2 is 2.12 bits per heavy atom. The first-order valence-electron chi connectivity index (χ1n) is 4.71. The van der Waals surface area contributed by atoms with Crippen LogP contribution in [0.2, 0.25) is 0 Å². The molecule has 0 bridgehead atoms. The van der Waals surface area contributed by atoms with Gasteiger partial charge in [0.1, 0.15) is 0 Å². The van der Waals surface area contributed by atoms with E-state index < -0.39 is 0 Å². The van der Waals surface area contributed by atoms with E-state index in [0.29, 0.717) is 11.4 Å². The highest BCUT2D eigenvalue weighted by Gasteiger charge is 2.03. The van der Waals surface area contributed by atoms with Gasteiger partial charge in [0.05, 0.1) is 23.8 Å². The van der Waals surface area contributed by atoms with E-state index in [1.165, 1.54) is 0 Å². The minimum atomic E-state index is -0.319. The average molecular weight is 217 g/mol. The van der Waals surface area contributed by atoms with Crippen molar-refractivity contribution in [3.63, 3.8) is 0 Å². The zero-order valence-corrected chi connectivity index (χ0v) is 8.71. The summed E-state index contributed by atoms with van der Waals surface area (Å²) in [5.41, 5.74) is 1.28. The van der Waals surface area contributed by atoms with Gasteiger partial charge in [0.25, 0.3) is 0 Å². The fraction of sp³-hybridized carbons (Fsp3) is 0.100. The molecule has 0 aliphatic rings. The third-order valence-corrected chi connectivity index (χ3v) is 1.88. The molecule has 0 saturated heterocycles. The lowest BCUT2D eigenvalue weighted by molar-refractivity contribution is 0.262. The molecule has 2 aromatic rings. The molecular formula is C10H11N5O. The van der Waals surface area contributed by atoms with Crippen molar-refractivity contribution in [2.24, 2.45) is 7.05 Å². The Morgan fingerprint density at radius 1 is 1.31 bits per heavy atom. The molecule has 6 heteroatoms. The third-order valence-electron chi connectivity index (χ3n) is 1.88. The molecular weight excluding hydrogens is 206 g/mol. The molecule has 0 saturated carbocycles. The van der Waals surface area contributed by atoms with Crippen LogP contribution in [-0.2, 0) is 7.05 Å². The van der Waals surface area contributed by atoms with Crippen LogP contribution in [0.25, 0.3) is 0 Å². The van der Waals surface area contributed by atoms with Gasteiger partial charge in [-0.25, -0.2) is 4.79 Å². The molecule has 0 atom stereocenters. The summed E-state index contributed by atoms with van der Waals surface area (Å²) in [7, 11) is 1.78. The molecule has 16 heavy (non-hydrogen) atoms. The van der Waals surface area contributed by atoms with Crippen LogP contribution < -0.4 is 10.6 Å². The average Bonchev–Trinajstić information content (AvgIpc) is 2.65. The second-order valence-corrected chi connectivity index (χ2v) is 3.22. The van der Waals surface area contributed by atoms with Crippen LogP contribution in [-0.4, -0.2) is 20.8 Å². The molecule has 0 aliphatic heterocycles. The lowest BCUT2D eigenvalue weighted by Crippen LogP contribution is -2.19. The Morgan fingerprint density at radius 3 is 2.75 bits per heavy atom. The zero-order valence-electron chi connectivity index (χ0n) is 8.71. The van der Waals surface area contributed by atoms with Crippen molar-refractivity contribution in [3.8, 4) is 0 Å². The molecule has 0 aliphatic carbocycles. The summed E-state index contributed by atoms with van der Waals surface area (Å²) in [4.78, 5) is 15.4. The number of carbonyl (C=O) groups is 1. The van der Waals surface area contributed by atoms with E-state index in [0.717, 1.165) is 0 Å². The van der Waals surface area contributed by atoms with Crippen LogP contribution in [0.4, 0.5) is 16.2 Å². The second kappa shape index (κ2) is 4.43. The summed E-state index contributed by atoms with van der Waals surface area (Å²) < 4.78 is 1.61. The van der Waals surface area contributed by atoms with Crippen molar-refractivity contribution in [2.45, 2.75) is 0 Å². The van der Waals surface area contributed by atoms with Crippen LogP contribution in [0.5, 0.6) is 0 Å². The largest absolute Gasteiger partial charge is 0.323 e. The molecule has 82 valence electrons.